The highest BCUT2D eigenvalue weighted by Gasteiger charge is 2.47. The average Bonchev–Trinajstić information content (AvgIpc) is 3.04. The Morgan fingerprint density at radius 2 is 1.81 bits per heavy atom. The van der Waals surface area contributed by atoms with Gasteiger partial charge in [-0.25, -0.2) is 4.39 Å². The van der Waals surface area contributed by atoms with Crippen LogP contribution in [0.1, 0.15) is 17.2 Å². The number of carbonyl (C=O) groups is 2. The fraction of sp³-hybridized carbons (Fsp3) is 0.0833. The first-order valence-corrected chi connectivity index (χ1v) is 10.3. The molecule has 0 bridgehead atoms. The van der Waals surface area contributed by atoms with Crippen molar-refractivity contribution in [2.24, 2.45) is 0 Å². The Morgan fingerprint density at radius 3 is 2.47 bits per heavy atom. The molecule has 1 unspecified atom stereocenters. The van der Waals surface area contributed by atoms with Gasteiger partial charge in [-0.2, -0.15) is 0 Å². The summed E-state index contributed by atoms with van der Waals surface area (Å²) in [5.74, 6) is -2.40. The molecule has 1 saturated heterocycles. The van der Waals surface area contributed by atoms with Crippen molar-refractivity contribution < 1.29 is 28.9 Å². The van der Waals surface area contributed by atoms with Crippen LogP contribution in [0.25, 0.3) is 5.76 Å². The number of carbonyl (C=O) groups excluding carboxylic acids is 2. The van der Waals surface area contributed by atoms with Crippen LogP contribution in [-0.2, 0) is 9.59 Å². The van der Waals surface area contributed by atoms with Gasteiger partial charge in [0.05, 0.1) is 23.2 Å². The van der Waals surface area contributed by atoms with Crippen LogP contribution in [0.5, 0.6) is 11.5 Å². The van der Waals surface area contributed by atoms with Crippen LogP contribution in [0.2, 0.25) is 0 Å². The predicted octanol–water partition coefficient (Wildman–Crippen LogP) is 4.93. The average molecular weight is 498 g/mol. The summed E-state index contributed by atoms with van der Waals surface area (Å²) in [4.78, 5) is 27.2. The van der Waals surface area contributed by atoms with Gasteiger partial charge in [-0.15, -0.1) is 0 Å². The van der Waals surface area contributed by atoms with Crippen molar-refractivity contribution in [3.63, 3.8) is 0 Å². The minimum absolute atomic E-state index is 0.0838. The van der Waals surface area contributed by atoms with Gasteiger partial charge in [0.15, 0.2) is 0 Å². The Labute approximate surface area is 191 Å². The number of rotatable bonds is 4. The molecule has 1 aliphatic rings. The van der Waals surface area contributed by atoms with Crippen LogP contribution >= 0.6 is 15.9 Å². The van der Waals surface area contributed by atoms with E-state index in [1.54, 1.807) is 30.3 Å². The van der Waals surface area contributed by atoms with E-state index >= 15 is 0 Å². The molecule has 1 aliphatic heterocycles. The zero-order valence-electron chi connectivity index (χ0n) is 16.8. The number of benzene rings is 3. The fourth-order valence-corrected chi connectivity index (χ4v) is 4.24. The van der Waals surface area contributed by atoms with Gasteiger partial charge in [0, 0.05) is 11.3 Å². The minimum Gasteiger partial charge on any atom is -0.508 e. The number of phenolic OH excluding ortho intramolecular Hbond substituents is 1. The zero-order valence-corrected chi connectivity index (χ0v) is 18.3. The Kier molecular flexibility index (Phi) is 5.71. The lowest BCUT2D eigenvalue weighted by Gasteiger charge is -2.25. The van der Waals surface area contributed by atoms with Crippen LogP contribution in [-0.4, -0.2) is 29.0 Å². The summed E-state index contributed by atoms with van der Waals surface area (Å²) in [7, 11) is 1.49. The number of Topliss-reactive ketones (excluding diaryl/α,β-unsaturated/α-hetero) is 1. The standard InChI is InChI=1S/C24H17BrFNO5/c1-32-19-9-8-14(11-18(19)25)22(29)20-21(13-4-2-7-17(28)10-13)27(24(31)23(20)30)16-6-3-5-15(26)12-16/h2-12,21,28-29H,1H3/b22-20+. The molecule has 162 valence electrons. The molecule has 1 heterocycles. The van der Waals surface area contributed by atoms with Gasteiger partial charge in [-0.1, -0.05) is 18.2 Å². The van der Waals surface area contributed by atoms with Crippen LogP contribution in [0.15, 0.2) is 76.8 Å². The number of ketones is 1. The summed E-state index contributed by atoms with van der Waals surface area (Å²) < 4.78 is 19.7. The smallest absolute Gasteiger partial charge is 0.300 e. The number of aromatic hydroxyl groups is 1. The molecular formula is C24H17BrFNO5. The Balaban J connectivity index is 1.95. The van der Waals surface area contributed by atoms with Gasteiger partial charge >= 0.3 is 0 Å². The summed E-state index contributed by atoms with van der Waals surface area (Å²) in [6, 6.07) is 14.9. The third-order valence-electron chi connectivity index (χ3n) is 5.14. The molecule has 8 heteroatoms. The molecule has 0 radical (unpaired) electrons. The third-order valence-corrected chi connectivity index (χ3v) is 5.76. The molecule has 3 aromatic rings. The topological polar surface area (TPSA) is 87.1 Å². The van der Waals surface area contributed by atoms with E-state index in [0.717, 1.165) is 11.0 Å². The monoisotopic (exact) mass is 497 g/mol. The van der Waals surface area contributed by atoms with E-state index in [0.29, 0.717) is 15.8 Å². The lowest BCUT2D eigenvalue weighted by molar-refractivity contribution is -0.132. The maximum absolute atomic E-state index is 13.9. The first-order valence-electron chi connectivity index (χ1n) is 9.51. The first-order chi connectivity index (χ1) is 15.3. The molecule has 4 rings (SSSR count). The first kappa shape index (κ1) is 21.6. The summed E-state index contributed by atoms with van der Waals surface area (Å²) in [5.41, 5.74) is 0.625. The fourth-order valence-electron chi connectivity index (χ4n) is 3.70. The molecular weight excluding hydrogens is 481 g/mol. The van der Waals surface area contributed by atoms with Gasteiger partial charge < -0.3 is 14.9 Å². The van der Waals surface area contributed by atoms with E-state index in [1.165, 1.54) is 37.4 Å². The van der Waals surface area contributed by atoms with Crippen molar-refractivity contribution in [1.82, 2.24) is 0 Å². The molecule has 2 N–H and O–H groups in total. The van der Waals surface area contributed by atoms with Crippen molar-refractivity contribution in [2.45, 2.75) is 6.04 Å². The minimum atomic E-state index is -1.08. The van der Waals surface area contributed by atoms with E-state index in [2.05, 4.69) is 15.9 Å². The normalized spacial score (nSPS) is 17.6. The van der Waals surface area contributed by atoms with Gasteiger partial charge in [-0.05, 0) is 70.0 Å². The summed E-state index contributed by atoms with van der Waals surface area (Å²) in [6.07, 6.45) is 0. The van der Waals surface area contributed by atoms with Gasteiger partial charge in [0.25, 0.3) is 11.7 Å². The largest absolute Gasteiger partial charge is 0.508 e. The van der Waals surface area contributed by atoms with Gasteiger partial charge in [0.1, 0.15) is 23.1 Å². The summed E-state index contributed by atoms with van der Waals surface area (Å²) in [6.45, 7) is 0. The molecule has 0 spiro atoms. The van der Waals surface area contributed by atoms with Crippen LogP contribution < -0.4 is 9.64 Å². The number of amides is 1. The Bertz CT molecular complexity index is 1270. The molecule has 6 nitrogen and oxygen atoms in total. The van der Waals surface area contributed by atoms with E-state index in [9.17, 15) is 24.2 Å². The van der Waals surface area contributed by atoms with E-state index in [1.807, 2.05) is 0 Å². The number of ether oxygens (including phenoxy) is 1. The SMILES string of the molecule is COc1ccc(/C(O)=C2\C(=O)C(=O)N(c3cccc(F)c3)C2c2cccc(O)c2)cc1Br. The Morgan fingerprint density at radius 1 is 1.06 bits per heavy atom. The van der Waals surface area contributed by atoms with Crippen molar-refractivity contribution in [1.29, 1.82) is 0 Å². The van der Waals surface area contributed by atoms with Gasteiger partial charge in [0.2, 0.25) is 0 Å². The van der Waals surface area contributed by atoms with Crippen LogP contribution in [0.3, 0.4) is 0 Å². The second kappa shape index (κ2) is 8.47. The van der Waals surface area contributed by atoms with Crippen molar-refractivity contribution >= 4 is 39.1 Å². The Hall–Kier alpha value is -3.65. The molecule has 0 aromatic heterocycles. The van der Waals surface area contributed by atoms with Crippen LogP contribution in [0, 0.1) is 5.82 Å². The predicted molar refractivity (Wildman–Crippen MR) is 120 cm³/mol. The lowest BCUT2D eigenvalue weighted by Crippen LogP contribution is -2.29. The van der Waals surface area contributed by atoms with Crippen molar-refractivity contribution in [2.75, 3.05) is 12.0 Å². The number of halogens is 2. The number of phenols is 1. The number of anilines is 1. The number of nitrogens with zero attached hydrogens (tertiary/aromatic N) is 1. The quantitative estimate of drug-likeness (QED) is 0.303. The highest BCUT2D eigenvalue weighted by atomic mass is 79.9. The summed E-state index contributed by atoms with van der Waals surface area (Å²) >= 11 is 3.34. The molecule has 0 saturated carbocycles. The highest BCUT2D eigenvalue weighted by molar-refractivity contribution is 9.10. The zero-order chi connectivity index (χ0) is 23.0. The third kappa shape index (κ3) is 3.73. The second-order valence-electron chi connectivity index (χ2n) is 7.09. The maximum Gasteiger partial charge on any atom is 0.300 e. The molecule has 1 atom stereocenters. The van der Waals surface area contributed by atoms with E-state index in [-0.39, 0.29) is 22.6 Å². The van der Waals surface area contributed by atoms with Crippen LogP contribution in [0.4, 0.5) is 10.1 Å². The highest BCUT2D eigenvalue weighted by Crippen LogP contribution is 2.43. The lowest BCUT2D eigenvalue weighted by atomic mass is 9.95. The van der Waals surface area contributed by atoms with Crippen molar-refractivity contribution in [3.8, 4) is 11.5 Å². The second-order valence-corrected chi connectivity index (χ2v) is 7.95. The van der Waals surface area contributed by atoms with Crippen molar-refractivity contribution in [3.05, 3.63) is 93.7 Å². The molecule has 3 aromatic carbocycles. The number of methoxy groups -OCH3 is 1. The molecule has 1 amide bonds. The molecule has 0 aliphatic carbocycles. The summed E-state index contributed by atoms with van der Waals surface area (Å²) in [5, 5.41) is 21.1. The molecule has 32 heavy (non-hydrogen) atoms. The maximum atomic E-state index is 13.9. The van der Waals surface area contributed by atoms with E-state index in [4.69, 9.17) is 4.74 Å². The number of hydrogen-bond donors (Lipinski definition) is 2. The number of aliphatic hydroxyl groups is 1. The van der Waals surface area contributed by atoms with E-state index < -0.39 is 29.3 Å². The number of hydrogen-bond acceptors (Lipinski definition) is 5. The molecule has 1 fully saturated rings. The van der Waals surface area contributed by atoms with Gasteiger partial charge in [-0.3, -0.25) is 14.5 Å². The number of aliphatic hydroxyl groups excluding tert-OH is 1.